The molecule has 1 aromatic rings. The average molecular weight is 414 g/mol. The van der Waals surface area contributed by atoms with Crippen molar-refractivity contribution in [3.63, 3.8) is 0 Å². The van der Waals surface area contributed by atoms with Gasteiger partial charge in [0.25, 0.3) is 0 Å². The molecule has 6 nitrogen and oxygen atoms in total. The molecule has 0 unspecified atom stereocenters. The molecule has 8 heteroatoms. The summed E-state index contributed by atoms with van der Waals surface area (Å²) in [6.07, 6.45) is 1.97. The fourth-order valence-electron chi connectivity index (χ4n) is 2.46. The number of benzene rings is 1. The van der Waals surface area contributed by atoms with Gasteiger partial charge in [0.05, 0.1) is 35.2 Å². The number of hydrogen-bond donors (Lipinski definition) is 0. The second-order valence-electron chi connectivity index (χ2n) is 5.97. The first-order chi connectivity index (χ1) is 12.8. The van der Waals surface area contributed by atoms with Gasteiger partial charge in [-0.15, -0.1) is 0 Å². The molecule has 146 valence electrons. The molecule has 0 N–H and O–H groups in total. The number of hydrogen-bond acceptors (Lipinski definition) is 5. The number of ketones is 2. The third-order valence-corrected chi connectivity index (χ3v) is 4.81. The summed E-state index contributed by atoms with van der Waals surface area (Å²) in [6, 6.07) is 2.88. The van der Waals surface area contributed by atoms with Crippen molar-refractivity contribution in [3.8, 4) is 0 Å². The molecule has 0 heterocycles. The Morgan fingerprint density at radius 2 is 1.85 bits per heavy atom. The van der Waals surface area contributed by atoms with Gasteiger partial charge in [0.15, 0.2) is 5.78 Å². The van der Waals surface area contributed by atoms with E-state index in [-0.39, 0.29) is 45.2 Å². The SMILES string of the molecule is CCOC=C(C(=O)c1ccc(Cl)c(Cl)c1N(C)C(=O)OCC)C(=O)C1CC1. The smallest absolute Gasteiger partial charge is 0.414 e. The topological polar surface area (TPSA) is 72.9 Å². The fraction of sp³-hybridized carbons (Fsp3) is 0.421. The molecule has 0 bridgehead atoms. The zero-order valence-corrected chi connectivity index (χ0v) is 16.9. The minimum absolute atomic E-state index is 0.0210. The summed E-state index contributed by atoms with van der Waals surface area (Å²) in [5.41, 5.74) is 0.0785. The molecular weight excluding hydrogens is 393 g/mol. The van der Waals surface area contributed by atoms with Crippen LogP contribution in [0.3, 0.4) is 0 Å². The van der Waals surface area contributed by atoms with Gasteiger partial charge in [-0.2, -0.15) is 0 Å². The van der Waals surface area contributed by atoms with Gasteiger partial charge in [0, 0.05) is 18.5 Å². The van der Waals surface area contributed by atoms with Crippen molar-refractivity contribution in [1.29, 1.82) is 0 Å². The number of ether oxygens (including phenoxy) is 2. The molecule has 0 radical (unpaired) electrons. The van der Waals surface area contributed by atoms with Crippen LogP contribution in [0.4, 0.5) is 10.5 Å². The van der Waals surface area contributed by atoms with Crippen LogP contribution in [-0.4, -0.2) is 37.9 Å². The van der Waals surface area contributed by atoms with Crippen molar-refractivity contribution < 1.29 is 23.9 Å². The number of anilines is 1. The lowest BCUT2D eigenvalue weighted by Crippen LogP contribution is -2.29. The lowest BCUT2D eigenvalue weighted by atomic mass is 9.97. The van der Waals surface area contributed by atoms with E-state index in [1.807, 2.05) is 0 Å². The Morgan fingerprint density at radius 1 is 1.19 bits per heavy atom. The first-order valence-corrected chi connectivity index (χ1v) is 9.38. The van der Waals surface area contributed by atoms with Crippen LogP contribution in [0.25, 0.3) is 0 Å². The van der Waals surface area contributed by atoms with Crippen LogP contribution in [0, 0.1) is 5.92 Å². The Labute approximate surface area is 168 Å². The van der Waals surface area contributed by atoms with Crippen LogP contribution in [-0.2, 0) is 14.3 Å². The van der Waals surface area contributed by atoms with Gasteiger partial charge in [0.2, 0.25) is 5.78 Å². The molecular formula is C19H21Cl2NO5. The van der Waals surface area contributed by atoms with E-state index in [2.05, 4.69) is 0 Å². The number of rotatable bonds is 8. The van der Waals surface area contributed by atoms with Crippen LogP contribution in [0.1, 0.15) is 37.0 Å². The molecule has 0 aromatic heterocycles. The Kier molecular flexibility index (Phi) is 7.27. The maximum Gasteiger partial charge on any atom is 0.414 e. The predicted octanol–water partition coefficient (Wildman–Crippen LogP) is 4.67. The van der Waals surface area contributed by atoms with Gasteiger partial charge in [-0.1, -0.05) is 23.2 Å². The number of allylic oxidation sites excluding steroid dienone is 1. The molecule has 0 aliphatic heterocycles. The second-order valence-corrected chi connectivity index (χ2v) is 6.76. The van der Waals surface area contributed by atoms with Crippen LogP contribution < -0.4 is 4.90 Å². The molecule has 27 heavy (non-hydrogen) atoms. The molecule has 0 spiro atoms. The molecule has 0 atom stereocenters. The molecule has 1 aliphatic carbocycles. The minimum atomic E-state index is -0.695. The van der Waals surface area contributed by atoms with Crippen molar-refractivity contribution in [1.82, 2.24) is 0 Å². The molecule has 1 amide bonds. The summed E-state index contributed by atoms with van der Waals surface area (Å²) in [4.78, 5) is 39.0. The highest BCUT2D eigenvalue weighted by atomic mass is 35.5. The van der Waals surface area contributed by atoms with E-state index in [4.69, 9.17) is 32.7 Å². The van der Waals surface area contributed by atoms with Gasteiger partial charge < -0.3 is 9.47 Å². The zero-order chi connectivity index (χ0) is 20.1. The van der Waals surface area contributed by atoms with Crippen molar-refractivity contribution in [2.75, 3.05) is 25.2 Å². The lowest BCUT2D eigenvalue weighted by Gasteiger charge is -2.21. The highest BCUT2D eigenvalue weighted by Crippen LogP contribution is 2.38. The van der Waals surface area contributed by atoms with Crippen molar-refractivity contribution in [2.24, 2.45) is 5.92 Å². The number of nitrogens with zero attached hydrogens (tertiary/aromatic N) is 1. The highest BCUT2D eigenvalue weighted by molar-refractivity contribution is 6.45. The predicted molar refractivity (Wildman–Crippen MR) is 104 cm³/mol. The van der Waals surface area contributed by atoms with Gasteiger partial charge >= 0.3 is 6.09 Å². The van der Waals surface area contributed by atoms with E-state index >= 15 is 0 Å². The number of carbonyl (C=O) groups excluding carboxylic acids is 3. The van der Waals surface area contributed by atoms with Gasteiger partial charge in [-0.3, -0.25) is 14.5 Å². The number of amides is 1. The van der Waals surface area contributed by atoms with E-state index in [1.54, 1.807) is 13.8 Å². The summed E-state index contributed by atoms with van der Waals surface area (Å²) >= 11 is 12.4. The first-order valence-electron chi connectivity index (χ1n) is 8.62. The quantitative estimate of drug-likeness (QED) is 0.203. The molecule has 1 fully saturated rings. The van der Waals surface area contributed by atoms with E-state index in [9.17, 15) is 14.4 Å². The summed E-state index contributed by atoms with van der Waals surface area (Å²) in [7, 11) is 1.42. The summed E-state index contributed by atoms with van der Waals surface area (Å²) < 4.78 is 10.2. The zero-order valence-electron chi connectivity index (χ0n) is 15.4. The van der Waals surface area contributed by atoms with Crippen LogP contribution >= 0.6 is 23.2 Å². The molecule has 1 saturated carbocycles. The van der Waals surface area contributed by atoms with Crippen molar-refractivity contribution >= 4 is 46.5 Å². The van der Waals surface area contributed by atoms with E-state index < -0.39 is 11.9 Å². The molecule has 1 aromatic carbocycles. The summed E-state index contributed by atoms with van der Waals surface area (Å²) in [5, 5.41) is 0.191. The third kappa shape index (κ3) is 4.82. The normalized spacial score (nSPS) is 13.9. The number of halogens is 2. The van der Waals surface area contributed by atoms with E-state index in [0.29, 0.717) is 6.61 Å². The average Bonchev–Trinajstić information content (AvgIpc) is 3.48. The minimum Gasteiger partial charge on any atom is -0.501 e. The van der Waals surface area contributed by atoms with E-state index in [0.717, 1.165) is 17.7 Å². The van der Waals surface area contributed by atoms with Gasteiger partial charge in [-0.25, -0.2) is 4.79 Å². The Hall–Kier alpha value is -2.05. The number of Topliss-reactive ketones (excluding diaryl/α,β-unsaturated/α-hetero) is 2. The largest absolute Gasteiger partial charge is 0.501 e. The first kappa shape index (κ1) is 21.3. The third-order valence-electron chi connectivity index (χ3n) is 4.02. The standard InChI is InChI=1S/C19H21Cl2NO5/c1-4-26-10-13(17(23)11-6-7-11)18(24)12-8-9-14(20)15(21)16(12)22(3)19(25)27-5-2/h8-11H,4-7H2,1-3H3. The summed E-state index contributed by atoms with van der Waals surface area (Å²) in [6.45, 7) is 3.87. The molecule has 1 aliphatic rings. The second kappa shape index (κ2) is 9.24. The summed E-state index contributed by atoms with van der Waals surface area (Å²) in [5.74, 6) is -1.02. The fourth-order valence-corrected chi connectivity index (χ4v) is 2.91. The van der Waals surface area contributed by atoms with Crippen molar-refractivity contribution in [2.45, 2.75) is 26.7 Å². The molecule has 2 rings (SSSR count). The van der Waals surface area contributed by atoms with Crippen LogP contribution in [0.15, 0.2) is 24.0 Å². The maximum atomic E-state index is 13.1. The van der Waals surface area contributed by atoms with Crippen LogP contribution in [0.2, 0.25) is 10.0 Å². The number of carbonyl (C=O) groups is 3. The maximum absolute atomic E-state index is 13.1. The van der Waals surface area contributed by atoms with Crippen molar-refractivity contribution in [3.05, 3.63) is 39.6 Å². The lowest BCUT2D eigenvalue weighted by molar-refractivity contribution is -0.116. The Morgan fingerprint density at radius 3 is 2.41 bits per heavy atom. The molecule has 0 saturated heterocycles. The highest BCUT2D eigenvalue weighted by Gasteiger charge is 2.36. The van der Waals surface area contributed by atoms with Gasteiger partial charge in [-0.05, 0) is 38.8 Å². The van der Waals surface area contributed by atoms with Crippen LogP contribution in [0.5, 0.6) is 0 Å². The monoisotopic (exact) mass is 413 g/mol. The Bertz CT molecular complexity index is 787. The van der Waals surface area contributed by atoms with Gasteiger partial charge in [0.1, 0.15) is 5.57 Å². The Balaban J connectivity index is 2.52. The van der Waals surface area contributed by atoms with E-state index in [1.165, 1.54) is 25.4 Å².